The first-order valence-corrected chi connectivity index (χ1v) is 6.81. The van der Waals surface area contributed by atoms with E-state index in [2.05, 4.69) is 11.8 Å². The van der Waals surface area contributed by atoms with Crippen LogP contribution in [0, 0.1) is 5.92 Å². The van der Waals surface area contributed by atoms with Crippen molar-refractivity contribution in [2.75, 3.05) is 32.8 Å². The zero-order chi connectivity index (χ0) is 11.4. The summed E-state index contributed by atoms with van der Waals surface area (Å²) in [5.74, 6) is 0.958. The van der Waals surface area contributed by atoms with E-state index in [0.29, 0.717) is 0 Å². The third kappa shape index (κ3) is 3.19. The van der Waals surface area contributed by atoms with Gasteiger partial charge in [0.15, 0.2) is 0 Å². The molecule has 0 aromatic rings. The Hall–Kier alpha value is -0.120. The van der Waals surface area contributed by atoms with Crippen LogP contribution in [0.5, 0.6) is 0 Å². The van der Waals surface area contributed by atoms with Gasteiger partial charge in [-0.15, -0.1) is 0 Å². The fourth-order valence-electron chi connectivity index (χ4n) is 2.93. The van der Waals surface area contributed by atoms with Crippen LogP contribution in [-0.4, -0.2) is 43.3 Å². The van der Waals surface area contributed by atoms with Crippen LogP contribution in [0.4, 0.5) is 0 Å². The average molecular weight is 226 g/mol. The molecule has 2 aliphatic heterocycles. The molecule has 16 heavy (non-hydrogen) atoms. The van der Waals surface area contributed by atoms with Crippen molar-refractivity contribution < 1.29 is 4.74 Å². The molecule has 0 bridgehead atoms. The van der Waals surface area contributed by atoms with Gasteiger partial charge in [-0.2, -0.15) is 0 Å². The quantitative estimate of drug-likeness (QED) is 0.794. The molecule has 2 rings (SSSR count). The molecule has 2 N–H and O–H groups in total. The minimum atomic E-state index is 0.0251. The Balaban J connectivity index is 1.77. The zero-order valence-corrected chi connectivity index (χ0v) is 10.6. The highest BCUT2D eigenvalue weighted by atomic mass is 16.5. The predicted molar refractivity (Wildman–Crippen MR) is 66.4 cm³/mol. The second-order valence-corrected chi connectivity index (χ2v) is 5.60. The van der Waals surface area contributed by atoms with Crippen molar-refractivity contribution >= 4 is 0 Å². The van der Waals surface area contributed by atoms with Gasteiger partial charge in [-0.3, -0.25) is 0 Å². The summed E-state index contributed by atoms with van der Waals surface area (Å²) < 4.78 is 5.39. The molecule has 0 aromatic carbocycles. The smallest absolute Gasteiger partial charge is 0.0484 e. The SMILES string of the molecule is CCC1CCN(CC2(N)CCOCC2)CC1. The van der Waals surface area contributed by atoms with Gasteiger partial charge in [-0.1, -0.05) is 13.3 Å². The number of hydrogen-bond donors (Lipinski definition) is 1. The number of nitrogens with two attached hydrogens (primary N) is 1. The van der Waals surface area contributed by atoms with Crippen LogP contribution in [0.25, 0.3) is 0 Å². The van der Waals surface area contributed by atoms with Crippen molar-refractivity contribution in [3.8, 4) is 0 Å². The topological polar surface area (TPSA) is 38.5 Å². The van der Waals surface area contributed by atoms with Gasteiger partial charge in [0.1, 0.15) is 0 Å². The van der Waals surface area contributed by atoms with Crippen molar-refractivity contribution in [2.24, 2.45) is 11.7 Å². The van der Waals surface area contributed by atoms with E-state index in [1.165, 1.54) is 32.4 Å². The Morgan fingerprint density at radius 1 is 1.25 bits per heavy atom. The molecule has 0 atom stereocenters. The third-order valence-electron chi connectivity index (χ3n) is 4.31. The van der Waals surface area contributed by atoms with E-state index in [4.69, 9.17) is 10.5 Å². The zero-order valence-electron chi connectivity index (χ0n) is 10.6. The minimum Gasteiger partial charge on any atom is -0.381 e. The summed E-state index contributed by atoms with van der Waals surface area (Å²) in [4.78, 5) is 2.57. The Morgan fingerprint density at radius 2 is 1.88 bits per heavy atom. The van der Waals surface area contributed by atoms with E-state index < -0.39 is 0 Å². The molecule has 2 heterocycles. The molecule has 0 unspecified atom stereocenters. The molecular weight excluding hydrogens is 200 g/mol. The molecule has 0 saturated carbocycles. The molecular formula is C13H26N2O. The standard InChI is InChI=1S/C13H26N2O/c1-2-12-3-7-15(8-4-12)11-13(14)5-9-16-10-6-13/h12H,2-11,14H2,1H3. The maximum absolute atomic E-state index is 6.44. The lowest BCUT2D eigenvalue weighted by Crippen LogP contribution is -2.54. The van der Waals surface area contributed by atoms with Gasteiger partial charge in [-0.05, 0) is 44.7 Å². The van der Waals surface area contributed by atoms with Gasteiger partial charge in [0.25, 0.3) is 0 Å². The van der Waals surface area contributed by atoms with E-state index in [-0.39, 0.29) is 5.54 Å². The maximum atomic E-state index is 6.44. The lowest BCUT2D eigenvalue weighted by atomic mass is 9.88. The first-order chi connectivity index (χ1) is 7.72. The molecule has 0 radical (unpaired) electrons. The Kier molecular flexibility index (Phi) is 4.22. The summed E-state index contributed by atoms with van der Waals surface area (Å²) in [6.07, 6.45) is 6.13. The normalized spacial score (nSPS) is 28.1. The molecule has 2 saturated heterocycles. The largest absolute Gasteiger partial charge is 0.381 e. The average Bonchev–Trinajstić information content (AvgIpc) is 2.30. The summed E-state index contributed by atoms with van der Waals surface area (Å²) in [5, 5.41) is 0. The van der Waals surface area contributed by atoms with Crippen LogP contribution in [-0.2, 0) is 4.74 Å². The highest BCUT2D eigenvalue weighted by molar-refractivity contribution is 4.90. The molecule has 0 spiro atoms. The summed E-state index contributed by atoms with van der Waals surface area (Å²) in [6.45, 7) is 7.58. The molecule has 2 aliphatic rings. The van der Waals surface area contributed by atoms with Gasteiger partial charge in [-0.25, -0.2) is 0 Å². The van der Waals surface area contributed by atoms with Crippen LogP contribution in [0.3, 0.4) is 0 Å². The minimum absolute atomic E-state index is 0.0251. The molecule has 2 fully saturated rings. The monoisotopic (exact) mass is 226 g/mol. The number of nitrogens with zero attached hydrogens (tertiary/aromatic N) is 1. The van der Waals surface area contributed by atoms with Crippen molar-refractivity contribution in [1.29, 1.82) is 0 Å². The van der Waals surface area contributed by atoms with Crippen LogP contribution in [0.1, 0.15) is 39.0 Å². The lowest BCUT2D eigenvalue weighted by molar-refractivity contribution is 0.0319. The van der Waals surface area contributed by atoms with Crippen molar-refractivity contribution in [3.05, 3.63) is 0 Å². The molecule has 3 heteroatoms. The third-order valence-corrected chi connectivity index (χ3v) is 4.31. The summed E-state index contributed by atoms with van der Waals surface area (Å²) >= 11 is 0. The van der Waals surface area contributed by atoms with Crippen LogP contribution in [0.15, 0.2) is 0 Å². The van der Waals surface area contributed by atoms with E-state index in [0.717, 1.165) is 38.5 Å². The Bertz CT molecular complexity index is 206. The summed E-state index contributed by atoms with van der Waals surface area (Å²) in [7, 11) is 0. The number of ether oxygens (including phenoxy) is 1. The first-order valence-electron chi connectivity index (χ1n) is 6.81. The number of hydrogen-bond acceptors (Lipinski definition) is 3. The maximum Gasteiger partial charge on any atom is 0.0484 e. The second-order valence-electron chi connectivity index (χ2n) is 5.60. The van der Waals surface area contributed by atoms with Gasteiger partial charge >= 0.3 is 0 Å². The predicted octanol–water partition coefficient (Wildman–Crippen LogP) is 1.62. The number of rotatable bonds is 3. The first kappa shape index (κ1) is 12.3. The van der Waals surface area contributed by atoms with Gasteiger partial charge in [0.05, 0.1) is 0 Å². The highest BCUT2D eigenvalue weighted by Crippen LogP contribution is 2.24. The summed E-state index contributed by atoms with van der Waals surface area (Å²) in [6, 6.07) is 0. The molecule has 3 nitrogen and oxygen atoms in total. The molecule has 94 valence electrons. The van der Waals surface area contributed by atoms with Gasteiger partial charge in [0.2, 0.25) is 0 Å². The van der Waals surface area contributed by atoms with Gasteiger partial charge in [0, 0.05) is 25.3 Å². The molecule has 0 amide bonds. The van der Waals surface area contributed by atoms with Gasteiger partial charge < -0.3 is 15.4 Å². The fourth-order valence-corrected chi connectivity index (χ4v) is 2.93. The number of likely N-dealkylation sites (tertiary alicyclic amines) is 1. The Labute approximate surface area is 99.3 Å². The van der Waals surface area contributed by atoms with E-state index in [9.17, 15) is 0 Å². The second kappa shape index (κ2) is 5.48. The van der Waals surface area contributed by atoms with E-state index in [1.807, 2.05) is 0 Å². The molecule has 0 aliphatic carbocycles. The Morgan fingerprint density at radius 3 is 2.44 bits per heavy atom. The van der Waals surface area contributed by atoms with Crippen LogP contribution in [0.2, 0.25) is 0 Å². The lowest BCUT2D eigenvalue weighted by Gasteiger charge is -2.40. The highest BCUT2D eigenvalue weighted by Gasteiger charge is 2.31. The molecule has 0 aromatic heterocycles. The van der Waals surface area contributed by atoms with Crippen molar-refractivity contribution in [2.45, 2.75) is 44.6 Å². The fraction of sp³-hybridized carbons (Fsp3) is 1.00. The van der Waals surface area contributed by atoms with E-state index >= 15 is 0 Å². The van der Waals surface area contributed by atoms with Crippen LogP contribution < -0.4 is 5.73 Å². The summed E-state index contributed by atoms with van der Waals surface area (Å²) in [5.41, 5.74) is 6.46. The van der Waals surface area contributed by atoms with Crippen molar-refractivity contribution in [3.63, 3.8) is 0 Å². The van der Waals surface area contributed by atoms with Crippen molar-refractivity contribution in [1.82, 2.24) is 4.90 Å². The van der Waals surface area contributed by atoms with Crippen LogP contribution >= 0.6 is 0 Å². The van der Waals surface area contributed by atoms with E-state index in [1.54, 1.807) is 0 Å². The number of piperidine rings is 1.